The summed E-state index contributed by atoms with van der Waals surface area (Å²) in [6.07, 6.45) is 0. The molecular formula is C42H25N3. The Labute approximate surface area is 258 Å². The monoisotopic (exact) mass is 571 g/mol. The summed E-state index contributed by atoms with van der Waals surface area (Å²) < 4.78 is 2.33. The molecule has 0 atom stereocenters. The zero-order chi connectivity index (χ0) is 29.5. The summed E-state index contributed by atoms with van der Waals surface area (Å²) in [5.41, 5.74) is 5.94. The van der Waals surface area contributed by atoms with Crippen LogP contribution in [0.25, 0.3) is 93.0 Å². The molecule has 8 aromatic carbocycles. The fourth-order valence-corrected chi connectivity index (χ4v) is 7.33. The van der Waals surface area contributed by atoms with Crippen molar-refractivity contribution in [1.29, 1.82) is 0 Å². The van der Waals surface area contributed by atoms with Gasteiger partial charge in [0.15, 0.2) is 5.82 Å². The zero-order valence-electron chi connectivity index (χ0n) is 24.3. The molecule has 0 spiro atoms. The molecule has 3 heteroatoms. The molecule has 2 heterocycles. The van der Waals surface area contributed by atoms with Crippen molar-refractivity contribution in [3.63, 3.8) is 0 Å². The molecule has 208 valence electrons. The summed E-state index contributed by atoms with van der Waals surface area (Å²) >= 11 is 0. The van der Waals surface area contributed by atoms with E-state index in [1.165, 1.54) is 43.1 Å². The molecule has 0 radical (unpaired) electrons. The Kier molecular flexibility index (Phi) is 5.00. The summed E-state index contributed by atoms with van der Waals surface area (Å²) in [6, 6.07) is 54.1. The lowest BCUT2D eigenvalue weighted by Crippen LogP contribution is -2.04. The van der Waals surface area contributed by atoms with E-state index in [4.69, 9.17) is 9.97 Å². The predicted octanol–water partition coefficient (Wildman–Crippen LogP) is 11.0. The number of para-hydroxylation sites is 1. The highest BCUT2D eigenvalue weighted by atomic mass is 15.1. The third kappa shape index (κ3) is 3.46. The van der Waals surface area contributed by atoms with Crippen molar-refractivity contribution in [3.8, 4) is 17.1 Å². The Morgan fingerprint density at radius 2 is 1.00 bits per heavy atom. The SMILES string of the molecule is c1ccc(-c2nc3ccc4ccccc4c3nc2-n2c3ccccc3c3c4ccc5ccc6ccccc6c5c4ccc32)cc1. The third-order valence-electron chi connectivity index (χ3n) is 9.34. The zero-order valence-corrected chi connectivity index (χ0v) is 24.3. The van der Waals surface area contributed by atoms with Crippen molar-refractivity contribution in [1.82, 2.24) is 14.5 Å². The minimum atomic E-state index is 0.835. The molecule has 0 aliphatic carbocycles. The number of nitrogens with zero attached hydrogens (tertiary/aromatic N) is 3. The molecule has 0 unspecified atom stereocenters. The first-order chi connectivity index (χ1) is 22.3. The van der Waals surface area contributed by atoms with E-state index in [-0.39, 0.29) is 0 Å². The molecule has 0 amide bonds. The number of aromatic nitrogens is 3. The lowest BCUT2D eigenvalue weighted by atomic mass is 9.94. The summed E-state index contributed by atoms with van der Waals surface area (Å²) in [7, 11) is 0. The average Bonchev–Trinajstić information content (AvgIpc) is 3.45. The van der Waals surface area contributed by atoms with Gasteiger partial charge >= 0.3 is 0 Å². The van der Waals surface area contributed by atoms with Crippen LogP contribution in [-0.4, -0.2) is 14.5 Å². The van der Waals surface area contributed by atoms with Gasteiger partial charge in [0.1, 0.15) is 5.69 Å². The Hall–Kier alpha value is -6.06. The first-order valence-corrected chi connectivity index (χ1v) is 15.4. The molecule has 0 fully saturated rings. The minimum absolute atomic E-state index is 0.835. The van der Waals surface area contributed by atoms with Crippen LogP contribution < -0.4 is 0 Å². The van der Waals surface area contributed by atoms with Crippen LogP contribution in [0, 0.1) is 0 Å². The van der Waals surface area contributed by atoms with E-state index in [1.54, 1.807) is 0 Å². The second kappa shape index (κ2) is 9.22. The van der Waals surface area contributed by atoms with Crippen LogP contribution in [0.5, 0.6) is 0 Å². The molecular weight excluding hydrogens is 546 g/mol. The van der Waals surface area contributed by atoms with E-state index in [2.05, 4.69) is 150 Å². The van der Waals surface area contributed by atoms with Crippen LogP contribution in [0.2, 0.25) is 0 Å². The fraction of sp³-hybridized carbons (Fsp3) is 0. The van der Waals surface area contributed by atoms with Crippen LogP contribution in [0.15, 0.2) is 152 Å². The Balaban J connectivity index is 1.39. The van der Waals surface area contributed by atoms with Gasteiger partial charge < -0.3 is 0 Å². The van der Waals surface area contributed by atoms with Gasteiger partial charge in [-0.05, 0) is 55.9 Å². The van der Waals surface area contributed by atoms with Crippen LogP contribution >= 0.6 is 0 Å². The lowest BCUT2D eigenvalue weighted by molar-refractivity contribution is 1.08. The molecule has 0 saturated carbocycles. The molecule has 0 aliphatic rings. The van der Waals surface area contributed by atoms with E-state index >= 15 is 0 Å². The number of hydrogen-bond acceptors (Lipinski definition) is 2. The summed E-state index contributed by atoms with van der Waals surface area (Å²) in [4.78, 5) is 10.8. The summed E-state index contributed by atoms with van der Waals surface area (Å²) in [5.74, 6) is 0.835. The maximum Gasteiger partial charge on any atom is 0.165 e. The van der Waals surface area contributed by atoms with Crippen LogP contribution in [0.3, 0.4) is 0 Å². The molecule has 0 bridgehead atoms. The van der Waals surface area contributed by atoms with E-state index in [0.29, 0.717) is 0 Å². The summed E-state index contributed by atoms with van der Waals surface area (Å²) in [6.45, 7) is 0. The number of benzene rings is 8. The lowest BCUT2D eigenvalue weighted by Gasteiger charge is -2.15. The van der Waals surface area contributed by atoms with Crippen molar-refractivity contribution in [3.05, 3.63) is 152 Å². The second-order valence-electron chi connectivity index (χ2n) is 11.8. The molecule has 3 nitrogen and oxygen atoms in total. The molecule has 45 heavy (non-hydrogen) atoms. The number of hydrogen-bond donors (Lipinski definition) is 0. The van der Waals surface area contributed by atoms with Crippen molar-refractivity contribution < 1.29 is 0 Å². The van der Waals surface area contributed by atoms with Crippen LogP contribution in [0.4, 0.5) is 0 Å². The predicted molar refractivity (Wildman–Crippen MR) is 189 cm³/mol. The van der Waals surface area contributed by atoms with Crippen LogP contribution in [-0.2, 0) is 0 Å². The maximum absolute atomic E-state index is 5.49. The van der Waals surface area contributed by atoms with Crippen molar-refractivity contribution in [2.24, 2.45) is 0 Å². The highest BCUT2D eigenvalue weighted by Gasteiger charge is 2.21. The number of fused-ring (bicyclic) bond motifs is 12. The molecule has 2 aromatic heterocycles. The Morgan fingerprint density at radius 1 is 0.378 bits per heavy atom. The smallest absolute Gasteiger partial charge is 0.165 e. The fourth-order valence-electron chi connectivity index (χ4n) is 7.33. The highest BCUT2D eigenvalue weighted by molar-refractivity contribution is 6.29. The van der Waals surface area contributed by atoms with Gasteiger partial charge in [0.25, 0.3) is 0 Å². The van der Waals surface area contributed by atoms with Gasteiger partial charge in [0, 0.05) is 21.7 Å². The number of rotatable bonds is 2. The Morgan fingerprint density at radius 3 is 1.87 bits per heavy atom. The standard InChI is InChI=1S/C42H25N3/c1-2-12-29(13-3-1)40-42(44-41-31-15-7-5-11-27(31)21-24-35(41)43-40)45-36-17-9-8-16-34(36)39-33-22-20-28-19-18-26-10-4-6-14-30(26)38(28)32(33)23-25-37(39)45/h1-25H. The molecule has 0 saturated heterocycles. The van der Waals surface area contributed by atoms with Gasteiger partial charge in [0.05, 0.1) is 22.1 Å². The normalized spacial score (nSPS) is 12.0. The summed E-state index contributed by atoms with van der Waals surface area (Å²) in [5, 5.41) is 12.3. The van der Waals surface area contributed by atoms with Gasteiger partial charge in [-0.1, -0.05) is 133 Å². The minimum Gasteiger partial charge on any atom is -0.292 e. The third-order valence-corrected chi connectivity index (χ3v) is 9.34. The van der Waals surface area contributed by atoms with Gasteiger partial charge in [-0.25, -0.2) is 9.97 Å². The van der Waals surface area contributed by atoms with E-state index < -0.39 is 0 Å². The van der Waals surface area contributed by atoms with Gasteiger partial charge in [0.2, 0.25) is 0 Å². The van der Waals surface area contributed by atoms with Gasteiger partial charge in [-0.3, -0.25) is 4.57 Å². The van der Waals surface area contributed by atoms with E-state index in [1.807, 2.05) is 6.07 Å². The first kappa shape index (κ1) is 24.4. The van der Waals surface area contributed by atoms with Crippen molar-refractivity contribution in [2.45, 2.75) is 0 Å². The largest absolute Gasteiger partial charge is 0.292 e. The van der Waals surface area contributed by atoms with Gasteiger partial charge in [-0.15, -0.1) is 0 Å². The quantitative estimate of drug-likeness (QED) is 0.193. The first-order valence-electron chi connectivity index (χ1n) is 15.4. The molecule has 0 N–H and O–H groups in total. The maximum atomic E-state index is 5.49. The highest BCUT2D eigenvalue weighted by Crippen LogP contribution is 2.42. The van der Waals surface area contributed by atoms with Crippen LogP contribution in [0.1, 0.15) is 0 Å². The van der Waals surface area contributed by atoms with Gasteiger partial charge in [-0.2, -0.15) is 0 Å². The van der Waals surface area contributed by atoms with Crippen molar-refractivity contribution >= 4 is 75.9 Å². The van der Waals surface area contributed by atoms with E-state index in [0.717, 1.165) is 49.9 Å². The topological polar surface area (TPSA) is 30.7 Å². The van der Waals surface area contributed by atoms with Crippen molar-refractivity contribution in [2.75, 3.05) is 0 Å². The van der Waals surface area contributed by atoms with E-state index in [9.17, 15) is 0 Å². The molecule has 10 aromatic rings. The molecule has 0 aliphatic heterocycles. The Bertz CT molecular complexity index is 2810. The average molecular weight is 572 g/mol. The second-order valence-corrected chi connectivity index (χ2v) is 11.8. The molecule has 10 rings (SSSR count).